The van der Waals surface area contributed by atoms with E-state index >= 15 is 0 Å². The molecular formula is C23H26N6O2. The Morgan fingerprint density at radius 1 is 0.903 bits per heavy atom. The normalized spacial score (nSPS) is 15.1. The Kier molecular flexibility index (Phi) is 6.68. The zero-order valence-electron chi connectivity index (χ0n) is 17.3. The van der Waals surface area contributed by atoms with Crippen LogP contribution in [0.5, 0.6) is 0 Å². The minimum absolute atomic E-state index is 0.0454. The summed E-state index contributed by atoms with van der Waals surface area (Å²) in [5.74, 6) is 2.07. The lowest BCUT2D eigenvalue weighted by atomic mass is 9.73. The molecule has 1 fully saturated rings. The fourth-order valence-corrected chi connectivity index (χ4v) is 3.75. The van der Waals surface area contributed by atoms with Crippen molar-refractivity contribution in [1.82, 2.24) is 20.3 Å². The molecule has 0 saturated carbocycles. The highest BCUT2D eigenvalue weighted by molar-refractivity contribution is 5.88. The molecule has 1 aliphatic heterocycles. The maximum absolute atomic E-state index is 13.2. The van der Waals surface area contributed by atoms with Gasteiger partial charge in [-0.15, -0.1) is 0 Å². The second kappa shape index (κ2) is 9.99. The van der Waals surface area contributed by atoms with Crippen molar-refractivity contribution in [3.05, 3.63) is 72.7 Å². The second-order valence-electron chi connectivity index (χ2n) is 7.37. The minimum Gasteiger partial charge on any atom is -0.381 e. The number of carbonyl (C=O) groups excluding carboxylic acids is 1. The molecule has 8 nitrogen and oxygen atoms in total. The Labute approximate surface area is 181 Å². The molecule has 0 spiro atoms. The zero-order chi connectivity index (χ0) is 21.4. The van der Waals surface area contributed by atoms with Crippen LogP contribution in [0.3, 0.4) is 0 Å². The standard InChI is InChI=1S/C23H26N6O2/c30-22(23(9-14-31-15-10-23)18-6-2-1-3-7-18)26-13-12-25-20-16-21(28-17-27-20)29-19-8-4-5-11-24-19/h1-8,11,16-17H,9-10,12-15H2,(H,26,30)(H2,24,25,27,28,29). The van der Waals surface area contributed by atoms with Crippen LogP contribution in [-0.4, -0.2) is 47.2 Å². The van der Waals surface area contributed by atoms with Gasteiger partial charge in [0.2, 0.25) is 5.91 Å². The maximum atomic E-state index is 13.2. The number of pyridine rings is 1. The highest BCUT2D eigenvalue weighted by Crippen LogP contribution is 2.35. The number of amides is 1. The Hall–Kier alpha value is -3.52. The van der Waals surface area contributed by atoms with E-state index in [1.807, 2.05) is 48.5 Å². The lowest BCUT2D eigenvalue weighted by molar-refractivity contribution is -0.130. The zero-order valence-corrected chi connectivity index (χ0v) is 17.3. The van der Waals surface area contributed by atoms with Crippen LogP contribution < -0.4 is 16.0 Å². The number of anilines is 3. The fourth-order valence-electron chi connectivity index (χ4n) is 3.75. The molecule has 0 bridgehead atoms. The predicted octanol–water partition coefficient (Wildman–Crippen LogP) is 2.89. The number of nitrogens with zero attached hydrogens (tertiary/aromatic N) is 3. The third kappa shape index (κ3) is 5.16. The summed E-state index contributed by atoms with van der Waals surface area (Å²) in [5, 5.41) is 9.46. The molecule has 0 aliphatic carbocycles. The molecule has 160 valence electrons. The monoisotopic (exact) mass is 418 g/mol. The first kappa shape index (κ1) is 20.7. The van der Waals surface area contributed by atoms with Gasteiger partial charge in [0.15, 0.2) is 0 Å². The molecule has 4 rings (SSSR count). The lowest BCUT2D eigenvalue weighted by Gasteiger charge is -2.36. The summed E-state index contributed by atoms with van der Waals surface area (Å²) in [5.41, 5.74) is 0.513. The van der Waals surface area contributed by atoms with E-state index in [9.17, 15) is 4.79 Å². The van der Waals surface area contributed by atoms with Gasteiger partial charge < -0.3 is 20.7 Å². The van der Waals surface area contributed by atoms with E-state index in [0.717, 1.165) is 5.56 Å². The third-order valence-electron chi connectivity index (χ3n) is 5.41. The molecule has 1 amide bonds. The Morgan fingerprint density at radius 3 is 2.45 bits per heavy atom. The van der Waals surface area contributed by atoms with Crippen molar-refractivity contribution in [3.8, 4) is 0 Å². The second-order valence-corrected chi connectivity index (χ2v) is 7.37. The van der Waals surface area contributed by atoms with Gasteiger partial charge >= 0.3 is 0 Å². The number of benzene rings is 1. The van der Waals surface area contributed by atoms with Crippen molar-refractivity contribution in [3.63, 3.8) is 0 Å². The molecule has 1 saturated heterocycles. The van der Waals surface area contributed by atoms with Crippen molar-refractivity contribution >= 4 is 23.4 Å². The van der Waals surface area contributed by atoms with Gasteiger partial charge in [-0.25, -0.2) is 15.0 Å². The van der Waals surface area contributed by atoms with Gasteiger partial charge in [-0.3, -0.25) is 4.79 Å². The molecule has 31 heavy (non-hydrogen) atoms. The van der Waals surface area contributed by atoms with Crippen molar-refractivity contribution in [2.45, 2.75) is 18.3 Å². The number of aromatic nitrogens is 3. The highest BCUT2D eigenvalue weighted by atomic mass is 16.5. The van der Waals surface area contributed by atoms with Crippen molar-refractivity contribution in [2.24, 2.45) is 0 Å². The van der Waals surface area contributed by atoms with Crippen LogP contribution in [0, 0.1) is 0 Å². The van der Waals surface area contributed by atoms with E-state index in [4.69, 9.17) is 4.74 Å². The summed E-state index contributed by atoms with van der Waals surface area (Å²) in [6, 6.07) is 17.4. The van der Waals surface area contributed by atoms with E-state index in [0.29, 0.717) is 56.6 Å². The molecule has 1 aliphatic rings. The fraction of sp³-hybridized carbons (Fsp3) is 0.304. The van der Waals surface area contributed by atoms with E-state index < -0.39 is 5.41 Å². The molecule has 3 heterocycles. The minimum atomic E-state index is -0.534. The maximum Gasteiger partial charge on any atom is 0.230 e. The van der Waals surface area contributed by atoms with E-state index in [2.05, 4.69) is 30.9 Å². The molecule has 0 radical (unpaired) electrons. The molecule has 3 N–H and O–H groups in total. The van der Waals surface area contributed by atoms with E-state index in [1.165, 1.54) is 6.33 Å². The van der Waals surface area contributed by atoms with Crippen LogP contribution in [0.25, 0.3) is 0 Å². The van der Waals surface area contributed by atoms with Crippen LogP contribution in [0.2, 0.25) is 0 Å². The molecule has 3 aromatic rings. The first-order valence-corrected chi connectivity index (χ1v) is 10.4. The number of ether oxygens (including phenoxy) is 1. The van der Waals surface area contributed by atoms with Crippen LogP contribution in [-0.2, 0) is 14.9 Å². The van der Waals surface area contributed by atoms with Gasteiger partial charge in [-0.1, -0.05) is 36.4 Å². The summed E-state index contributed by atoms with van der Waals surface area (Å²) in [6.07, 6.45) is 4.57. The summed E-state index contributed by atoms with van der Waals surface area (Å²) in [7, 11) is 0. The van der Waals surface area contributed by atoms with Gasteiger partial charge in [0.1, 0.15) is 23.8 Å². The first-order valence-electron chi connectivity index (χ1n) is 10.4. The number of nitrogens with one attached hydrogen (secondary N) is 3. The predicted molar refractivity (Wildman–Crippen MR) is 119 cm³/mol. The van der Waals surface area contributed by atoms with Gasteiger partial charge in [0.25, 0.3) is 0 Å². The van der Waals surface area contributed by atoms with Crippen LogP contribution >= 0.6 is 0 Å². The molecule has 1 aromatic carbocycles. The van der Waals surface area contributed by atoms with Gasteiger partial charge in [0, 0.05) is 38.6 Å². The lowest BCUT2D eigenvalue weighted by Crippen LogP contribution is -2.49. The Morgan fingerprint density at radius 2 is 1.68 bits per heavy atom. The number of rotatable bonds is 8. The first-order chi connectivity index (χ1) is 15.3. The topological polar surface area (TPSA) is 101 Å². The van der Waals surface area contributed by atoms with Crippen molar-refractivity contribution in [2.75, 3.05) is 36.9 Å². The summed E-state index contributed by atoms with van der Waals surface area (Å²) in [4.78, 5) is 25.8. The number of carbonyl (C=O) groups is 1. The van der Waals surface area contributed by atoms with Crippen LogP contribution in [0.15, 0.2) is 67.1 Å². The van der Waals surface area contributed by atoms with Crippen LogP contribution in [0.4, 0.5) is 17.5 Å². The molecule has 8 heteroatoms. The van der Waals surface area contributed by atoms with Gasteiger partial charge in [0.05, 0.1) is 5.41 Å². The Bertz CT molecular complexity index is 978. The molecule has 0 atom stereocenters. The van der Waals surface area contributed by atoms with Crippen LogP contribution in [0.1, 0.15) is 18.4 Å². The summed E-state index contributed by atoms with van der Waals surface area (Å²) in [6.45, 7) is 2.22. The smallest absolute Gasteiger partial charge is 0.230 e. The van der Waals surface area contributed by atoms with E-state index in [1.54, 1.807) is 12.3 Å². The highest BCUT2D eigenvalue weighted by Gasteiger charge is 2.41. The molecular weight excluding hydrogens is 392 g/mol. The average Bonchev–Trinajstić information content (AvgIpc) is 2.83. The molecule has 2 aromatic heterocycles. The summed E-state index contributed by atoms with van der Waals surface area (Å²) < 4.78 is 5.52. The Balaban J connectivity index is 1.32. The van der Waals surface area contributed by atoms with Crippen molar-refractivity contribution in [1.29, 1.82) is 0 Å². The van der Waals surface area contributed by atoms with Crippen molar-refractivity contribution < 1.29 is 9.53 Å². The largest absolute Gasteiger partial charge is 0.381 e. The van der Waals surface area contributed by atoms with E-state index in [-0.39, 0.29) is 5.91 Å². The quantitative estimate of drug-likeness (QED) is 0.484. The van der Waals surface area contributed by atoms with Gasteiger partial charge in [-0.2, -0.15) is 0 Å². The molecule has 0 unspecified atom stereocenters. The number of hydrogen-bond acceptors (Lipinski definition) is 7. The summed E-state index contributed by atoms with van der Waals surface area (Å²) >= 11 is 0. The average molecular weight is 419 g/mol. The third-order valence-corrected chi connectivity index (χ3v) is 5.41. The SMILES string of the molecule is O=C(NCCNc1cc(Nc2ccccn2)ncn1)C1(c2ccccc2)CCOCC1. The van der Waals surface area contributed by atoms with Gasteiger partial charge in [-0.05, 0) is 30.5 Å². The number of hydrogen-bond donors (Lipinski definition) is 3.